The van der Waals surface area contributed by atoms with E-state index < -0.39 is 29.3 Å². The van der Waals surface area contributed by atoms with Gasteiger partial charge in [0.05, 0.1) is 36.9 Å². The van der Waals surface area contributed by atoms with Gasteiger partial charge in [-0.25, -0.2) is 9.78 Å². The number of ketones is 2. The second-order valence-corrected chi connectivity index (χ2v) is 13.0. The molecule has 2 aliphatic heterocycles. The lowest BCUT2D eigenvalue weighted by Gasteiger charge is -2.38. The number of pyridine rings is 1. The highest BCUT2D eigenvalue weighted by Crippen LogP contribution is 2.38. The molecule has 0 spiro atoms. The number of unbranched alkanes of at least 4 members (excludes halogenated alkanes) is 2. The zero-order valence-electron chi connectivity index (χ0n) is 26.6. The molecule has 0 aliphatic carbocycles. The summed E-state index contributed by atoms with van der Waals surface area (Å²) in [5.74, 6) is -0.904. The highest BCUT2D eigenvalue weighted by molar-refractivity contribution is 5.85. The Hall–Kier alpha value is -3.11. The molecule has 10 heteroatoms. The van der Waals surface area contributed by atoms with E-state index in [1.807, 2.05) is 59.3 Å². The Balaban J connectivity index is 1.42. The van der Waals surface area contributed by atoms with Crippen molar-refractivity contribution >= 4 is 17.7 Å². The fraction of sp³-hybridized carbons (Fsp3) is 0.667. The molecule has 2 aliphatic rings. The largest absolute Gasteiger partial charge is 0.438 e. The number of hydrogen-bond acceptors (Lipinski definition) is 8. The molecule has 43 heavy (non-hydrogen) atoms. The van der Waals surface area contributed by atoms with E-state index >= 15 is 0 Å². The van der Waals surface area contributed by atoms with Crippen molar-refractivity contribution in [3.63, 3.8) is 0 Å². The Morgan fingerprint density at radius 1 is 1.07 bits per heavy atom. The maximum absolute atomic E-state index is 13.8. The Morgan fingerprint density at radius 2 is 1.84 bits per heavy atom. The molecule has 236 valence electrons. The molecule has 0 N–H and O–H groups in total. The van der Waals surface area contributed by atoms with Gasteiger partial charge in [-0.3, -0.25) is 14.6 Å². The first kappa shape index (κ1) is 32.8. The molecular formula is C33H48N4O6. The number of hydrogen-bond donors (Lipinski definition) is 0. The smallest absolute Gasteiger partial charge is 0.410 e. The number of rotatable bonds is 8. The molecule has 0 saturated carbocycles. The number of imidazole rings is 1. The van der Waals surface area contributed by atoms with Gasteiger partial charge in [-0.2, -0.15) is 0 Å². The third-order valence-corrected chi connectivity index (χ3v) is 9.27. The van der Waals surface area contributed by atoms with Crippen molar-refractivity contribution in [2.24, 2.45) is 17.8 Å². The van der Waals surface area contributed by atoms with Crippen LogP contribution in [0.15, 0.2) is 37.1 Å². The third-order valence-electron chi connectivity index (χ3n) is 9.27. The average molecular weight is 597 g/mol. The highest BCUT2D eigenvalue weighted by Gasteiger charge is 2.55. The maximum atomic E-state index is 13.8. The number of Topliss-reactive ketones (excluding diaryl/α,β-unsaturated/α-hetero) is 2. The predicted molar refractivity (Wildman–Crippen MR) is 162 cm³/mol. The second kappa shape index (κ2) is 14.1. The molecule has 0 aromatic carbocycles. The van der Waals surface area contributed by atoms with Gasteiger partial charge < -0.3 is 23.7 Å². The molecule has 0 radical (unpaired) electrons. The molecule has 2 saturated heterocycles. The van der Waals surface area contributed by atoms with Crippen LogP contribution in [-0.4, -0.2) is 81.2 Å². The minimum atomic E-state index is -1.01. The summed E-state index contributed by atoms with van der Waals surface area (Å²) in [6.45, 7) is 11.1. The number of nitrogens with zero attached hydrogens (tertiary/aromatic N) is 4. The standard InChI is InChI=1S/C33H48N4O6/c1-23-17-32(4,41-6)13-12-28(38)24(2)20-42-21-33(5)30(25(3)29(23)39)37(31(40)43-33)16-9-7-8-15-36-19-27(35-22-36)26-11-10-14-34-18-26/h10-11,14,18-19,22-25,30H,7-9,12-13,15-17,20-21H2,1-6H3/t23-,24?,25?,30?,32+,33-/m1/s1. The van der Waals surface area contributed by atoms with Crippen LogP contribution in [0.2, 0.25) is 0 Å². The Morgan fingerprint density at radius 3 is 2.56 bits per heavy atom. The van der Waals surface area contributed by atoms with Crippen LogP contribution in [0.4, 0.5) is 4.79 Å². The van der Waals surface area contributed by atoms with Crippen LogP contribution in [0.3, 0.4) is 0 Å². The number of carbonyl (C=O) groups is 3. The molecule has 4 heterocycles. The van der Waals surface area contributed by atoms with Crippen LogP contribution in [0.5, 0.6) is 0 Å². The molecule has 0 bridgehead atoms. The lowest BCUT2D eigenvalue weighted by Crippen LogP contribution is -2.53. The van der Waals surface area contributed by atoms with E-state index in [0.717, 1.165) is 37.1 Å². The van der Waals surface area contributed by atoms with Gasteiger partial charge in [-0.1, -0.05) is 20.8 Å². The normalized spacial score (nSPS) is 31.0. The minimum absolute atomic E-state index is 0.0593. The van der Waals surface area contributed by atoms with Gasteiger partial charge in [0, 0.05) is 68.5 Å². The summed E-state index contributed by atoms with van der Waals surface area (Å²) in [5.41, 5.74) is 0.257. The minimum Gasteiger partial charge on any atom is -0.438 e. The summed E-state index contributed by atoms with van der Waals surface area (Å²) in [5, 5.41) is 0. The maximum Gasteiger partial charge on any atom is 0.410 e. The van der Waals surface area contributed by atoms with Gasteiger partial charge in [-0.05, 0) is 58.1 Å². The molecular weight excluding hydrogens is 548 g/mol. The van der Waals surface area contributed by atoms with E-state index in [2.05, 4.69) is 14.5 Å². The van der Waals surface area contributed by atoms with Crippen LogP contribution in [0, 0.1) is 17.8 Å². The van der Waals surface area contributed by atoms with Crippen molar-refractivity contribution in [2.75, 3.05) is 26.9 Å². The lowest BCUT2D eigenvalue weighted by molar-refractivity contribution is -0.135. The highest BCUT2D eigenvalue weighted by atomic mass is 16.6. The second-order valence-electron chi connectivity index (χ2n) is 13.0. The first-order valence-electron chi connectivity index (χ1n) is 15.6. The number of carbonyl (C=O) groups excluding carboxylic acids is 3. The monoisotopic (exact) mass is 596 g/mol. The Bertz CT molecular complexity index is 1250. The van der Waals surface area contributed by atoms with Gasteiger partial charge in [-0.15, -0.1) is 0 Å². The van der Waals surface area contributed by atoms with Crippen LogP contribution >= 0.6 is 0 Å². The van der Waals surface area contributed by atoms with Crippen molar-refractivity contribution in [3.8, 4) is 11.3 Å². The summed E-state index contributed by atoms with van der Waals surface area (Å²) in [6, 6.07) is 3.41. The number of fused-ring (bicyclic) bond motifs is 1. The molecule has 2 aromatic rings. The fourth-order valence-corrected chi connectivity index (χ4v) is 6.61. The third kappa shape index (κ3) is 7.89. The lowest BCUT2D eigenvalue weighted by atomic mass is 9.77. The first-order chi connectivity index (χ1) is 20.5. The van der Waals surface area contributed by atoms with Crippen molar-refractivity contribution < 1.29 is 28.6 Å². The number of ether oxygens (including phenoxy) is 3. The van der Waals surface area contributed by atoms with Crippen molar-refractivity contribution in [1.82, 2.24) is 19.4 Å². The summed E-state index contributed by atoms with van der Waals surface area (Å²) in [4.78, 5) is 50.3. The van der Waals surface area contributed by atoms with Gasteiger partial charge >= 0.3 is 6.09 Å². The van der Waals surface area contributed by atoms with E-state index in [1.54, 1.807) is 24.4 Å². The van der Waals surface area contributed by atoms with E-state index in [9.17, 15) is 14.4 Å². The Labute approximate surface area is 255 Å². The van der Waals surface area contributed by atoms with Crippen LogP contribution < -0.4 is 0 Å². The zero-order chi connectivity index (χ0) is 31.2. The van der Waals surface area contributed by atoms with E-state index in [-0.39, 0.29) is 36.6 Å². The topological polar surface area (TPSA) is 113 Å². The van der Waals surface area contributed by atoms with Crippen LogP contribution in [-0.2, 0) is 30.3 Å². The number of aromatic nitrogens is 3. The average Bonchev–Trinajstić information content (AvgIpc) is 3.56. The van der Waals surface area contributed by atoms with Crippen molar-refractivity contribution in [2.45, 2.75) is 96.9 Å². The first-order valence-corrected chi connectivity index (χ1v) is 15.6. The van der Waals surface area contributed by atoms with E-state index in [4.69, 9.17) is 14.2 Å². The van der Waals surface area contributed by atoms with E-state index in [0.29, 0.717) is 25.8 Å². The van der Waals surface area contributed by atoms with Crippen LogP contribution in [0.1, 0.15) is 73.1 Å². The van der Waals surface area contributed by atoms with Crippen molar-refractivity contribution in [1.29, 1.82) is 0 Å². The molecule has 3 unspecified atom stereocenters. The zero-order valence-corrected chi connectivity index (χ0v) is 26.6. The molecule has 6 atom stereocenters. The quantitative estimate of drug-likeness (QED) is 0.375. The summed E-state index contributed by atoms with van der Waals surface area (Å²) in [6.07, 6.45) is 11.0. The van der Waals surface area contributed by atoms with E-state index in [1.165, 1.54) is 0 Å². The van der Waals surface area contributed by atoms with Crippen LogP contribution in [0.25, 0.3) is 11.3 Å². The summed E-state index contributed by atoms with van der Waals surface area (Å²) >= 11 is 0. The van der Waals surface area contributed by atoms with Gasteiger partial charge in [0.2, 0.25) is 0 Å². The fourth-order valence-electron chi connectivity index (χ4n) is 6.61. The van der Waals surface area contributed by atoms with Crippen molar-refractivity contribution in [3.05, 3.63) is 37.1 Å². The predicted octanol–water partition coefficient (Wildman–Crippen LogP) is 5.35. The number of methoxy groups -OCH3 is 1. The van der Waals surface area contributed by atoms with Gasteiger partial charge in [0.25, 0.3) is 0 Å². The SMILES string of the molecule is CO[C@@]1(C)CCC(=O)C(C)COC[C@@]2(C)OC(=O)N(CCCCCn3cnc(-c4cccnc4)c3)C2C(C)C(=O)[C@H](C)C1. The number of amides is 1. The molecule has 10 nitrogen and oxygen atoms in total. The van der Waals surface area contributed by atoms with Gasteiger partial charge in [0.1, 0.15) is 11.6 Å². The summed E-state index contributed by atoms with van der Waals surface area (Å²) < 4.78 is 19.9. The molecule has 1 amide bonds. The molecule has 2 aromatic heterocycles. The Kier molecular flexibility index (Phi) is 10.8. The summed E-state index contributed by atoms with van der Waals surface area (Å²) in [7, 11) is 1.63. The van der Waals surface area contributed by atoms with Gasteiger partial charge in [0.15, 0.2) is 5.60 Å². The number of aryl methyl sites for hydroxylation is 1. The molecule has 4 rings (SSSR count). The molecule has 2 fully saturated rings.